The van der Waals surface area contributed by atoms with Crippen LogP contribution in [-0.2, 0) is 10.1 Å². The van der Waals surface area contributed by atoms with Crippen LogP contribution in [0.4, 0.5) is 0 Å². The molecule has 0 aromatic heterocycles. The van der Waals surface area contributed by atoms with Crippen LogP contribution in [0.15, 0.2) is 42.6 Å². The Morgan fingerprint density at radius 2 is 1.32 bits per heavy atom. The maximum absolute atomic E-state index is 12.6. The van der Waals surface area contributed by atoms with Crippen molar-refractivity contribution in [3.63, 3.8) is 0 Å². The molecule has 0 spiro atoms. The number of aryl methyl sites for hydroxylation is 3. The molecule has 0 unspecified atom stereocenters. The van der Waals surface area contributed by atoms with Gasteiger partial charge in [-0.1, -0.05) is 22.0 Å². The van der Waals surface area contributed by atoms with Gasteiger partial charge in [0, 0.05) is 4.47 Å². The van der Waals surface area contributed by atoms with Crippen LogP contribution < -0.4 is 4.18 Å². The highest BCUT2D eigenvalue weighted by Gasteiger charge is 2.23. The Balaban J connectivity index is 2.52. The quantitative estimate of drug-likeness (QED) is 0.498. The predicted molar refractivity (Wildman–Crippen MR) is 98.0 cm³/mol. The Bertz CT molecular complexity index is 822. The van der Waals surface area contributed by atoms with Crippen molar-refractivity contribution in [1.29, 1.82) is 0 Å². The van der Waals surface area contributed by atoms with E-state index in [0.29, 0.717) is 14.5 Å². The molecule has 22 heavy (non-hydrogen) atoms. The van der Waals surface area contributed by atoms with E-state index in [4.69, 9.17) is 4.18 Å². The largest absolute Gasteiger partial charge is 0.377 e. The first-order valence-corrected chi connectivity index (χ1v) is 10.1. The SMILES string of the molecule is Cc1cc(C)c(S(=O)(=O)Oc2c(Br)cc(Br)cc2Br)cc1C. The van der Waals surface area contributed by atoms with Gasteiger partial charge in [0.25, 0.3) is 0 Å². The van der Waals surface area contributed by atoms with E-state index in [-0.39, 0.29) is 10.6 Å². The fraction of sp³-hybridized carbons (Fsp3) is 0.200. The molecule has 0 saturated carbocycles. The molecule has 0 radical (unpaired) electrons. The van der Waals surface area contributed by atoms with Crippen molar-refractivity contribution in [3.05, 3.63) is 54.4 Å². The summed E-state index contributed by atoms with van der Waals surface area (Å²) in [5.74, 6) is 0.223. The summed E-state index contributed by atoms with van der Waals surface area (Å²) < 4.78 is 32.4. The average molecular weight is 513 g/mol. The van der Waals surface area contributed by atoms with Gasteiger partial charge in [0.05, 0.1) is 8.95 Å². The Morgan fingerprint density at radius 3 is 1.86 bits per heavy atom. The summed E-state index contributed by atoms with van der Waals surface area (Å²) in [5, 5.41) is 0. The molecular formula is C15H13Br3O3S. The molecule has 0 amide bonds. The Morgan fingerprint density at radius 1 is 0.818 bits per heavy atom. The minimum atomic E-state index is -3.92. The van der Waals surface area contributed by atoms with Gasteiger partial charge in [0.1, 0.15) is 4.90 Å². The summed E-state index contributed by atoms with van der Waals surface area (Å²) >= 11 is 9.97. The van der Waals surface area contributed by atoms with Gasteiger partial charge in [-0.3, -0.25) is 0 Å². The fourth-order valence-corrected chi connectivity index (χ4v) is 5.86. The molecule has 0 aliphatic rings. The lowest BCUT2D eigenvalue weighted by Gasteiger charge is -2.14. The maximum Gasteiger partial charge on any atom is 0.339 e. The summed E-state index contributed by atoms with van der Waals surface area (Å²) in [6.07, 6.45) is 0. The number of halogens is 3. The normalized spacial score (nSPS) is 11.5. The van der Waals surface area contributed by atoms with Gasteiger partial charge < -0.3 is 4.18 Å². The van der Waals surface area contributed by atoms with Crippen molar-refractivity contribution in [2.24, 2.45) is 0 Å². The summed E-state index contributed by atoms with van der Waals surface area (Å²) in [4.78, 5) is 0.178. The van der Waals surface area contributed by atoms with Crippen LogP contribution in [0, 0.1) is 20.8 Å². The van der Waals surface area contributed by atoms with Crippen molar-refractivity contribution < 1.29 is 12.6 Å². The van der Waals surface area contributed by atoms with Crippen molar-refractivity contribution in [2.75, 3.05) is 0 Å². The third kappa shape index (κ3) is 3.75. The van der Waals surface area contributed by atoms with Crippen LogP contribution in [0.5, 0.6) is 5.75 Å². The van der Waals surface area contributed by atoms with Crippen molar-refractivity contribution in [1.82, 2.24) is 0 Å². The molecule has 7 heteroatoms. The third-order valence-electron chi connectivity index (χ3n) is 3.22. The number of hydrogen-bond donors (Lipinski definition) is 0. The Labute approximate surface area is 155 Å². The van der Waals surface area contributed by atoms with Crippen molar-refractivity contribution in [3.8, 4) is 5.75 Å². The van der Waals surface area contributed by atoms with Gasteiger partial charge >= 0.3 is 10.1 Å². The van der Waals surface area contributed by atoms with E-state index in [1.165, 1.54) is 0 Å². The molecule has 0 saturated heterocycles. The topological polar surface area (TPSA) is 43.4 Å². The van der Waals surface area contributed by atoms with Gasteiger partial charge in [-0.05, 0) is 87.5 Å². The lowest BCUT2D eigenvalue weighted by molar-refractivity contribution is 0.482. The van der Waals surface area contributed by atoms with Crippen LogP contribution in [0.1, 0.15) is 16.7 Å². The van der Waals surface area contributed by atoms with Gasteiger partial charge in [-0.2, -0.15) is 8.42 Å². The Kier molecular flexibility index (Phi) is 5.42. The lowest BCUT2D eigenvalue weighted by atomic mass is 10.1. The third-order valence-corrected chi connectivity index (χ3v) is 6.22. The molecule has 118 valence electrons. The standard InChI is InChI=1S/C15H13Br3O3S/c1-8-4-10(3)14(5-9(8)2)22(19,20)21-15-12(17)6-11(16)7-13(15)18/h4-7H,1-3H3. The van der Waals surface area contributed by atoms with Crippen molar-refractivity contribution >= 4 is 57.9 Å². The Hall–Kier alpha value is -0.370. The van der Waals surface area contributed by atoms with E-state index in [9.17, 15) is 8.42 Å². The second-order valence-corrected chi connectivity index (χ2v) is 9.08. The van der Waals surface area contributed by atoms with E-state index < -0.39 is 10.1 Å². The molecule has 3 nitrogen and oxygen atoms in total. The first-order chi connectivity index (χ1) is 10.1. The van der Waals surface area contributed by atoms with Crippen LogP contribution >= 0.6 is 47.8 Å². The highest BCUT2D eigenvalue weighted by molar-refractivity contribution is 9.11. The molecule has 0 aliphatic heterocycles. The lowest BCUT2D eigenvalue weighted by Crippen LogP contribution is -2.12. The van der Waals surface area contributed by atoms with E-state index in [2.05, 4.69) is 47.8 Å². The highest BCUT2D eigenvalue weighted by Crippen LogP contribution is 2.38. The number of hydrogen-bond acceptors (Lipinski definition) is 3. The zero-order valence-electron chi connectivity index (χ0n) is 12.1. The first kappa shape index (κ1) is 18.0. The molecule has 2 aromatic carbocycles. The minimum absolute atomic E-state index is 0.178. The van der Waals surface area contributed by atoms with Gasteiger partial charge in [0.2, 0.25) is 0 Å². The molecule has 0 aliphatic carbocycles. The highest BCUT2D eigenvalue weighted by atomic mass is 79.9. The predicted octanol–water partition coefficient (Wildman–Crippen LogP) is 5.67. The van der Waals surface area contributed by atoms with Gasteiger partial charge in [-0.25, -0.2) is 0 Å². The zero-order chi connectivity index (χ0) is 16.7. The van der Waals surface area contributed by atoms with Crippen LogP contribution in [-0.4, -0.2) is 8.42 Å². The molecule has 0 bridgehead atoms. The van der Waals surface area contributed by atoms with E-state index in [0.717, 1.165) is 15.6 Å². The number of rotatable bonds is 3. The second kappa shape index (κ2) is 6.63. The molecular weight excluding hydrogens is 500 g/mol. The molecule has 0 fully saturated rings. The van der Waals surface area contributed by atoms with Crippen LogP contribution in [0.25, 0.3) is 0 Å². The zero-order valence-corrected chi connectivity index (χ0v) is 17.7. The summed E-state index contributed by atoms with van der Waals surface area (Å²) in [7, 11) is -3.92. The summed E-state index contributed by atoms with van der Waals surface area (Å²) in [6.45, 7) is 5.58. The fourth-order valence-electron chi connectivity index (χ4n) is 1.97. The monoisotopic (exact) mass is 510 g/mol. The average Bonchev–Trinajstić information content (AvgIpc) is 2.38. The van der Waals surface area contributed by atoms with Crippen LogP contribution in [0.3, 0.4) is 0 Å². The summed E-state index contributed by atoms with van der Waals surface area (Å²) in [5.41, 5.74) is 2.61. The van der Waals surface area contributed by atoms with E-state index in [1.807, 2.05) is 19.9 Å². The van der Waals surface area contributed by atoms with Gasteiger partial charge in [0.15, 0.2) is 5.75 Å². The smallest absolute Gasteiger partial charge is 0.339 e. The van der Waals surface area contributed by atoms with E-state index in [1.54, 1.807) is 25.1 Å². The molecule has 0 atom stereocenters. The molecule has 0 heterocycles. The van der Waals surface area contributed by atoms with Crippen LogP contribution in [0.2, 0.25) is 0 Å². The van der Waals surface area contributed by atoms with Crippen molar-refractivity contribution in [2.45, 2.75) is 25.7 Å². The van der Waals surface area contributed by atoms with Gasteiger partial charge in [-0.15, -0.1) is 0 Å². The minimum Gasteiger partial charge on any atom is -0.377 e. The van der Waals surface area contributed by atoms with E-state index >= 15 is 0 Å². The second-order valence-electron chi connectivity index (χ2n) is 4.94. The maximum atomic E-state index is 12.6. The summed E-state index contributed by atoms with van der Waals surface area (Å²) in [6, 6.07) is 6.93. The molecule has 2 aromatic rings. The molecule has 2 rings (SSSR count). The first-order valence-electron chi connectivity index (χ1n) is 6.28. The molecule has 0 N–H and O–H groups in total. The number of benzene rings is 2.